The van der Waals surface area contributed by atoms with Gasteiger partial charge in [0, 0.05) is 5.69 Å². The molecule has 5 heteroatoms. The zero-order valence-electron chi connectivity index (χ0n) is 14.7. The Labute approximate surface area is 154 Å². The highest BCUT2D eigenvalue weighted by atomic mass is 32.1. The molecule has 25 heavy (non-hydrogen) atoms. The third kappa shape index (κ3) is 4.42. The molecule has 2 aromatic rings. The standard InChI is InChI=1S/C20H24N2O2S/c1-3-24-16-9-7-15(8-10-16)21-20(25)22-19-6-4-5-14-13-17(23-2)11-12-18(14)19/h7-13,19H,3-6H2,1-2H3,(H2,21,22,25). The van der Waals surface area contributed by atoms with Gasteiger partial charge in [-0.05, 0) is 85.9 Å². The van der Waals surface area contributed by atoms with E-state index in [4.69, 9.17) is 21.7 Å². The Morgan fingerprint density at radius 2 is 1.92 bits per heavy atom. The lowest BCUT2D eigenvalue weighted by atomic mass is 9.87. The van der Waals surface area contributed by atoms with Crippen LogP contribution in [-0.4, -0.2) is 18.8 Å². The highest BCUT2D eigenvalue weighted by molar-refractivity contribution is 7.80. The van der Waals surface area contributed by atoms with Crippen molar-refractivity contribution in [2.24, 2.45) is 0 Å². The fraction of sp³-hybridized carbons (Fsp3) is 0.350. The van der Waals surface area contributed by atoms with Crippen LogP contribution >= 0.6 is 12.2 Å². The quantitative estimate of drug-likeness (QED) is 0.775. The van der Waals surface area contributed by atoms with Gasteiger partial charge in [0.05, 0.1) is 19.8 Å². The van der Waals surface area contributed by atoms with E-state index in [1.807, 2.05) is 37.3 Å². The smallest absolute Gasteiger partial charge is 0.171 e. The summed E-state index contributed by atoms with van der Waals surface area (Å²) >= 11 is 5.50. The molecule has 2 N–H and O–H groups in total. The van der Waals surface area contributed by atoms with Crippen LogP contribution < -0.4 is 20.1 Å². The lowest BCUT2D eigenvalue weighted by molar-refractivity contribution is 0.340. The summed E-state index contributed by atoms with van der Waals surface area (Å²) in [6, 6.07) is 14.3. The Morgan fingerprint density at radius 3 is 2.64 bits per heavy atom. The molecular formula is C20H24N2O2S. The number of benzene rings is 2. The second-order valence-electron chi connectivity index (χ2n) is 6.07. The third-order valence-electron chi connectivity index (χ3n) is 4.39. The summed E-state index contributed by atoms with van der Waals surface area (Å²) in [6.07, 6.45) is 3.30. The molecule has 0 aliphatic heterocycles. The first kappa shape index (κ1) is 17.5. The van der Waals surface area contributed by atoms with Gasteiger partial charge in [0.2, 0.25) is 0 Å². The number of anilines is 1. The Bertz CT molecular complexity index is 731. The number of fused-ring (bicyclic) bond motifs is 1. The van der Waals surface area contributed by atoms with Gasteiger partial charge in [0.25, 0.3) is 0 Å². The SMILES string of the molecule is CCOc1ccc(NC(=S)NC2CCCc3cc(OC)ccc32)cc1. The van der Waals surface area contributed by atoms with Gasteiger partial charge in [-0.25, -0.2) is 0 Å². The second kappa shape index (κ2) is 8.21. The average Bonchev–Trinajstić information content (AvgIpc) is 2.63. The molecule has 1 unspecified atom stereocenters. The molecule has 0 heterocycles. The fourth-order valence-corrected chi connectivity index (χ4v) is 3.45. The van der Waals surface area contributed by atoms with Crippen molar-refractivity contribution in [3.05, 3.63) is 53.6 Å². The Balaban J connectivity index is 1.64. The van der Waals surface area contributed by atoms with Crippen molar-refractivity contribution in [3.8, 4) is 11.5 Å². The van der Waals surface area contributed by atoms with Gasteiger partial charge >= 0.3 is 0 Å². The highest BCUT2D eigenvalue weighted by Crippen LogP contribution is 2.32. The molecule has 0 bridgehead atoms. The second-order valence-corrected chi connectivity index (χ2v) is 6.47. The summed E-state index contributed by atoms with van der Waals surface area (Å²) in [5.74, 6) is 1.77. The minimum Gasteiger partial charge on any atom is -0.497 e. The lowest BCUT2D eigenvalue weighted by Gasteiger charge is -2.28. The molecule has 1 aliphatic carbocycles. The maximum atomic E-state index is 5.50. The Morgan fingerprint density at radius 1 is 1.16 bits per heavy atom. The Hall–Kier alpha value is -2.27. The maximum Gasteiger partial charge on any atom is 0.171 e. The monoisotopic (exact) mass is 356 g/mol. The number of aryl methyl sites for hydroxylation is 1. The molecule has 2 aromatic carbocycles. The lowest BCUT2D eigenvalue weighted by Crippen LogP contribution is -2.34. The Kier molecular flexibility index (Phi) is 5.76. The molecule has 4 nitrogen and oxygen atoms in total. The molecule has 0 amide bonds. The van der Waals surface area contributed by atoms with Crippen LogP contribution in [0, 0.1) is 0 Å². The minimum absolute atomic E-state index is 0.234. The first-order valence-electron chi connectivity index (χ1n) is 8.66. The van der Waals surface area contributed by atoms with Gasteiger partial charge < -0.3 is 20.1 Å². The normalized spacial score (nSPS) is 15.8. The van der Waals surface area contributed by atoms with E-state index in [0.29, 0.717) is 11.7 Å². The first-order valence-corrected chi connectivity index (χ1v) is 9.07. The molecule has 0 saturated heterocycles. The number of rotatable bonds is 5. The number of thiocarbonyl (C=S) groups is 1. The zero-order chi connectivity index (χ0) is 17.6. The molecule has 1 atom stereocenters. The fourth-order valence-electron chi connectivity index (χ4n) is 3.19. The van der Waals surface area contributed by atoms with Crippen molar-refractivity contribution < 1.29 is 9.47 Å². The van der Waals surface area contributed by atoms with E-state index in [9.17, 15) is 0 Å². The van der Waals surface area contributed by atoms with E-state index in [-0.39, 0.29) is 6.04 Å². The molecule has 132 valence electrons. The van der Waals surface area contributed by atoms with E-state index in [0.717, 1.165) is 36.4 Å². The summed E-state index contributed by atoms with van der Waals surface area (Å²) in [6.45, 7) is 2.64. The predicted octanol–water partition coefficient (Wildman–Crippen LogP) is 4.46. The van der Waals surface area contributed by atoms with Gasteiger partial charge in [-0.2, -0.15) is 0 Å². The van der Waals surface area contributed by atoms with E-state index in [1.165, 1.54) is 11.1 Å². The predicted molar refractivity (Wildman–Crippen MR) is 106 cm³/mol. The molecule has 0 fully saturated rings. The van der Waals surface area contributed by atoms with Crippen molar-refractivity contribution >= 4 is 23.0 Å². The number of methoxy groups -OCH3 is 1. The van der Waals surface area contributed by atoms with Crippen LogP contribution in [0.15, 0.2) is 42.5 Å². The number of nitrogens with one attached hydrogen (secondary N) is 2. The van der Waals surface area contributed by atoms with Gasteiger partial charge in [0.15, 0.2) is 5.11 Å². The van der Waals surface area contributed by atoms with Gasteiger partial charge in [-0.15, -0.1) is 0 Å². The van der Waals surface area contributed by atoms with Crippen LogP contribution in [0.1, 0.15) is 36.9 Å². The van der Waals surface area contributed by atoms with Crippen molar-refractivity contribution in [2.75, 3.05) is 19.0 Å². The summed E-state index contributed by atoms with van der Waals surface area (Å²) in [4.78, 5) is 0. The van der Waals surface area contributed by atoms with Gasteiger partial charge in [-0.3, -0.25) is 0 Å². The van der Waals surface area contributed by atoms with Crippen LogP contribution in [-0.2, 0) is 6.42 Å². The van der Waals surface area contributed by atoms with Crippen LogP contribution in [0.4, 0.5) is 5.69 Å². The van der Waals surface area contributed by atoms with Crippen LogP contribution in [0.3, 0.4) is 0 Å². The van der Waals surface area contributed by atoms with Gasteiger partial charge in [-0.1, -0.05) is 6.07 Å². The topological polar surface area (TPSA) is 42.5 Å². The van der Waals surface area contributed by atoms with Crippen molar-refractivity contribution in [1.82, 2.24) is 5.32 Å². The van der Waals surface area contributed by atoms with E-state index >= 15 is 0 Å². The van der Waals surface area contributed by atoms with Crippen molar-refractivity contribution in [3.63, 3.8) is 0 Å². The summed E-state index contributed by atoms with van der Waals surface area (Å²) in [5, 5.41) is 7.34. The largest absolute Gasteiger partial charge is 0.497 e. The average molecular weight is 356 g/mol. The molecule has 1 aliphatic rings. The molecule has 0 spiro atoms. The van der Waals surface area contributed by atoms with E-state index in [1.54, 1.807) is 7.11 Å². The van der Waals surface area contributed by atoms with Crippen LogP contribution in [0.25, 0.3) is 0 Å². The number of ether oxygens (including phenoxy) is 2. The van der Waals surface area contributed by atoms with Crippen molar-refractivity contribution in [1.29, 1.82) is 0 Å². The molecular weight excluding hydrogens is 332 g/mol. The first-order chi connectivity index (χ1) is 12.2. The summed E-state index contributed by atoms with van der Waals surface area (Å²) < 4.78 is 10.8. The minimum atomic E-state index is 0.234. The summed E-state index contributed by atoms with van der Waals surface area (Å²) in [5.41, 5.74) is 3.60. The zero-order valence-corrected chi connectivity index (χ0v) is 15.5. The van der Waals surface area contributed by atoms with Crippen molar-refractivity contribution in [2.45, 2.75) is 32.2 Å². The van der Waals surface area contributed by atoms with Crippen LogP contribution in [0.5, 0.6) is 11.5 Å². The third-order valence-corrected chi connectivity index (χ3v) is 4.61. The molecule has 0 aromatic heterocycles. The number of hydrogen-bond donors (Lipinski definition) is 2. The summed E-state index contributed by atoms with van der Waals surface area (Å²) in [7, 11) is 1.70. The molecule has 3 rings (SSSR count). The van der Waals surface area contributed by atoms with E-state index < -0.39 is 0 Å². The highest BCUT2D eigenvalue weighted by Gasteiger charge is 2.21. The van der Waals surface area contributed by atoms with E-state index in [2.05, 4.69) is 22.8 Å². The van der Waals surface area contributed by atoms with Gasteiger partial charge in [0.1, 0.15) is 11.5 Å². The molecule has 0 radical (unpaired) electrons. The number of hydrogen-bond acceptors (Lipinski definition) is 3. The molecule has 0 saturated carbocycles. The maximum absolute atomic E-state index is 5.50. The van der Waals surface area contributed by atoms with Crippen LogP contribution in [0.2, 0.25) is 0 Å².